The van der Waals surface area contributed by atoms with Crippen LogP contribution in [0.4, 0.5) is 0 Å². The summed E-state index contributed by atoms with van der Waals surface area (Å²) in [5, 5.41) is 5.70. The molecule has 0 saturated heterocycles. The number of fused-ring (bicyclic) bond motifs is 6. The molecule has 0 aliphatic heterocycles. The summed E-state index contributed by atoms with van der Waals surface area (Å²) >= 11 is 0. The molecule has 12 aromatic rings. The Morgan fingerprint density at radius 2 is 0.841 bits per heavy atom. The molecule has 12 rings (SSSR count). The van der Waals surface area contributed by atoms with Crippen LogP contribution in [-0.2, 0) is 0 Å². The van der Waals surface area contributed by atoms with Crippen molar-refractivity contribution < 1.29 is 4.42 Å². The number of furan rings is 1. The highest BCUT2D eigenvalue weighted by atomic mass is 16.3. The van der Waals surface area contributed by atoms with E-state index in [2.05, 4.69) is 194 Å². The number of para-hydroxylation sites is 2. The Morgan fingerprint density at radius 1 is 0.302 bits per heavy atom. The third-order valence-electron chi connectivity index (χ3n) is 12.1. The van der Waals surface area contributed by atoms with E-state index < -0.39 is 0 Å². The molecule has 0 amide bonds. The fourth-order valence-electron chi connectivity index (χ4n) is 9.02. The van der Waals surface area contributed by atoms with E-state index in [1.807, 2.05) is 30.3 Å². The van der Waals surface area contributed by atoms with Gasteiger partial charge in [0.15, 0.2) is 5.82 Å². The summed E-state index contributed by atoms with van der Waals surface area (Å²) in [6, 6.07) is 78.5. The van der Waals surface area contributed by atoms with Gasteiger partial charge in [0.25, 0.3) is 0 Å². The minimum absolute atomic E-state index is 0.675. The summed E-state index contributed by atoms with van der Waals surface area (Å²) in [6.45, 7) is 0. The van der Waals surface area contributed by atoms with Crippen molar-refractivity contribution in [1.29, 1.82) is 0 Å². The van der Waals surface area contributed by atoms with E-state index in [1.54, 1.807) is 0 Å². The van der Waals surface area contributed by atoms with Crippen LogP contribution >= 0.6 is 0 Å². The number of hydrogen-bond acceptors (Lipinski definition) is 4. The normalized spacial score (nSPS) is 11.5. The van der Waals surface area contributed by atoms with Gasteiger partial charge in [0.2, 0.25) is 0 Å². The molecule has 0 fully saturated rings. The van der Waals surface area contributed by atoms with E-state index in [4.69, 9.17) is 19.4 Å². The summed E-state index contributed by atoms with van der Waals surface area (Å²) in [5.41, 5.74) is 16.2. The molecule has 0 saturated carbocycles. The van der Waals surface area contributed by atoms with E-state index in [1.165, 1.54) is 16.5 Å². The number of aromatic nitrogens is 3. The van der Waals surface area contributed by atoms with Crippen LogP contribution in [0.5, 0.6) is 0 Å². The molecule has 0 radical (unpaired) electrons. The monoisotopic (exact) mass is 803 g/mol. The Balaban J connectivity index is 0.961. The van der Waals surface area contributed by atoms with Crippen LogP contribution in [0.15, 0.2) is 229 Å². The predicted octanol–water partition coefficient (Wildman–Crippen LogP) is 15.7. The number of benzene rings is 9. The average Bonchev–Trinajstić information content (AvgIpc) is 3.76. The number of pyridine rings is 1. The maximum Gasteiger partial charge on any atom is 0.160 e. The third-order valence-corrected chi connectivity index (χ3v) is 12.1. The zero-order chi connectivity index (χ0) is 41.7. The van der Waals surface area contributed by atoms with Gasteiger partial charge in [-0.05, 0) is 52.1 Å². The van der Waals surface area contributed by atoms with Crippen molar-refractivity contribution in [1.82, 2.24) is 15.0 Å². The molecule has 0 atom stereocenters. The van der Waals surface area contributed by atoms with Crippen LogP contribution < -0.4 is 0 Å². The maximum absolute atomic E-state index is 6.38. The number of rotatable bonds is 7. The second-order valence-corrected chi connectivity index (χ2v) is 15.9. The molecule has 0 N–H and O–H groups in total. The van der Waals surface area contributed by atoms with Crippen molar-refractivity contribution in [2.24, 2.45) is 0 Å². The largest absolute Gasteiger partial charge is 0.455 e. The van der Waals surface area contributed by atoms with Crippen LogP contribution in [0.25, 0.3) is 122 Å². The molecule has 63 heavy (non-hydrogen) atoms. The van der Waals surface area contributed by atoms with Gasteiger partial charge in [0.1, 0.15) is 11.2 Å². The maximum atomic E-state index is 6.38. The zero-order valence-electron chi connectivity index (χ0n) is 34.1. The van der Waals surface area contributed by atoms with Crippen molar-refractivity contribution in [2.45, 2.75) is 0 Å². The van der Waals surface area contributed by atoms with Crippen molar-refractivity contribution >= 4 is 43.6 Å². The first kappa shape index (κ1) is 36.4. The van der Waals surface area contributed by atoms with Crippen molar-refractivity contribution in [3.8, 4) is 78.5 Å². The zero-order valence-corrected chi connectivity index (χ0v) is 34.1. The van der Waals surface area contributed by atoms with Crippen molar-refractivity contribution in [3.05, 3.63) is 224 Å². The van der Waals surface area contributed by atoms with Gasteiger partial charge >= 0.3 is 0 Å². The van der Waals surface area contributed by atoms with E-state index >= 15 is 0 Å². The molecule has 0 unspecified atom stereocenters. The van der Waals surface area contributed by atoms with Crippen LogP contribution in [0, 0.1) is 0 Å². The first-order valence-corrected chi connectivity index (χ1v) is 21.3. The van der Waals surface area contributed by atoms with Gasteiger partial charge in [-0.2, -0.15) is 0 Å². The first-order chi connectivity index (χ1) is 31.2. The lowest BCUT2D eigenvalue weighted by molar-refractivity contribution is 0.670. The molecule has 0 spiro atoms. The first-order valence-electron chi connectivity index (χ1n) is 21.3. The van der Waals surface area contributed by atoms with Gasteiger partial charge in [-0.3, -0.25) is 0 Å². The van der Waals surface area contributed by atoms with Gasteiger partial charge in [-0.1, -0.05) is 200 Å². The van der Waals surface area contributed by atoms with Crippen molar-refractivity contribution in [3.63, 3.8) is 0 Å². The summed E-state index contributed by atoms with van der Waals surface area (Å²) in [6.07, 6.45) is 0. The lowest BCUT2D eigenvalue weighted by Crippen LogP contribution is -1.96. The standard InChI is InChI=1S/C59H37N3O/c1-4-15-38(16-5-1)46-24-13-27-51-56(46)50-34-33-44(36-54(50)60-57(51)41-17-6-2-7-18-41)43-21-12-22-45(35-43)53-37-52(61-59(62-53)42-19-8-3-9-20-42)40-31-29-39(30-32-40)47-25-14-26-49-48-23-10-11-28-55(48)63-58(47)49/h1-37H. The molecule has 4 heteroatoms. The van der Waals surface area contributed by atoms with Gasteiger partial charge < -0.3 is 4.42 Å². The topological polar surface area (TPSA) is 51.8 Å². The lowest BCUT2D eigenvalue weighted by atomic mass is 9.92. The molecular formula is C59H37N3O. The second kappa shape index (κ2) is 15.2. The van der Waals surface area contributed by atoms with Crippen LogP contribution in [-0.4, -0.2) is 15.0 Å². The smallest absolute Gasteiger partial charge is 0.160 e. The number of nitrogens with zero attached hydrogens (tertiary/aromatic N) is 3. The Labute approximate surface area is 364 Å². The number of hydrogen-bond donors (Lipinski definition) is 0. The fraction of sp³-hybridized carbons (Fsp3) is 0. The van der Waals surface area contributed by atoms with Gasteiger partial charge in [-0.25, -0.2) is 15.0 Å². The summed E-state index contributed by atoms with van der Waals surface area (Å²) in [4.78, 5) is 15.7. The third kappa shape index (κ3) is 6.53. The Kier molecular flexibility index (Phi) is 8.79. The van der Waals surface area contributed by atoms with Crippen LogP contribution in [0.2, 0.25) is 0 Å². The molecule has 9 aromatic carbocycles. The molecule has 0 bridgehead atoms. The van der Waals surface area contributed by atoms with Crippen LogP contribution in [0.3, 0.4) is 0 Å². The molecular weight excluding hydrogens is 767 g/mol. The van der Waals surface area contributed by atoms with E-state index in [0.717, 1.165) is 99.8 Å². The molecule has 0 aliphatic carbocycles. The van der Waals surface area contributed by atoms with Crippen LogP contribution in [0.1, 0.15) is 0 Å². The molecule has 0 aliphatic rings. The molecule has 4 nitrogen and oxygen atoms in total. The SMILES string of the molecule is c1ccc(-c2nc(-c3ccc(-c4cccc5c4oc4ccccc45)cc3)cc(-c3cccc(-c4ccc5c(c4)nc(-c4ccccc4)c4cccc(-c6ccccc6)c45)c3)n2)cc1. The fourth-order valence-corrected chi connectivity index (χ4v) is 9.02. The Hall–Kier alpha value is -8.47. The molecule has 294 valence electrons. The minimum Gasteiger partial charge on any atom is -0.455 e. The predicted molar refractivity (Wildman–Crippen MR) is 260 cm³/mol. The second-order valence-electron chi connectivity index (χ2n) is 15.9. The summed E-state index contributed by atoms with van der Waals surface area (Å²) < 4.78 is 6.38. The molecule has 3 aromatic heterocycles. The molecule has 3 heterocycles. The average molecular weight is 804 g/mol. The summed E-state index contributed by atoms with van der Waals surface area (Å²) in [5.74, 6) is 0.675. The quantitative estimate of drug-likeness (QED) is 0.151. The van der Waals surface area contributed by atoms with Gasteiger partial charge in [0.05, 0.1) is 22.6 Å². The Bertz CT molecular complexity index is 3650. The van der Waals surface area contributed by atoms with E-state index in [-0.39, 0.29) is 0 Å². The lowest BCUT2D eigenvalue weighted by Gasteiger charge is -2.15. The highest BCUT2D eigenvalue weighted by Gasteiger charge is 2.17. The minimum atomic E-state index is 0.675. The highest BCUT2D eigenvalue weighted by Crippen LogP contribution is 2.41. The van der Waals surface area contributed by atoms with E-state index in [0.29, 0.717) is 5.82 Å². The highest BCUT2D eigenvalue weighted by molar-refractivity contribution is 6.17. The van der Waals surface area contributed by atoms with Crippen molar-refractivity contribution in [2.75, 3.05) is 0 Å². The van der Waals surface area contributed by atoms with Gasteiger partial charge in [0, 0.05) is 54.7 Å². The van der Waals surface area contributed by atoms with E-state index in [9.17, 15) is 0 Å². The van der Waals surface area contributed by atoms with Gasteiger partial charge in [-0.15, -0.1) is 0 Å². The Morgan fingerprint density at radius 3 is 1.62 bits per heavy atom. The summed E-state index contributed by atoms with van der Waals surface area (Å²) in [7, 11) is 0.